The van der Waals surface area contributed by atoms with Crippen molar-refractivity contribution in [3.63, 3.8) is 0 Å². The average Bonchev–Trinajstić information content (AvgIpc) is 2.45. The molecule has 0 radical (unpaired) electrons. The number of benzene rings is 1. The predicted molar refractivity (Wildman–Crippen MR) is 78.0 cm³/mol. The van der Waals surface area contributed by atoms with Crippen LogP contribution >= 0.6 is 0 Å². The molecule has 108 valence electrons. The number of nitrogens with two attached hydrogens (primary N) is 1. The van der Waals surface area contributed by atoms with Gasteiger partial charge < -0.3 is 9.47 Å². The zero-order valence-corrected chi connectivity index (χ0v) is 12.0. The zero-order valence-electron chi connectivity index (χ0n) is 12.0. The maximum atomic E-state index is 5.64. The summed E-state index contributed by atoms with van der Waals surface area (Å²) >= 11 is 0. The van der Waals surface area contributed by atoms with Gasteiger partial charge in [-0.15, -0.1) is 0 Å². The van der Waals surface area contributed by atoms with Crippen LogP contribution < -0.4 is 16.0 Å². The van der Waals surface area contributed by atoms with Crippen LogP contribution in [0, 0.1) is 0 Å². The minimum atomic E-state index is 0.167. The minimum absolute atomic E-state index is 0.167. The molecule has 0 saturated carbocycles. The molecule has 0 heterocycles. The molecular formula is C15H26N2O2. The maximum absolute atomic E-state index is 5.64. The van der Waals surface area contributed by atoms with Crippen molar-refractivity contribution in [1.29, 1.82) is 0 Å². The molecule has 1 unspecified atom stereocenters. The molecule has 19 heavy (non-hydrogen) atoms. The Bertz CT molecular complexity index is 327. The van der Waals surface area contributed by atoms with Crippen LogP contribution in [-0.4, -0.2) is 20.3 Å². The molecule has 0 spiro atoms. The molecule has 0 aliphatic carbocycles. The molecule has 0 saturated heterocycles. The van der Waals surface area contributed by atoms with Crippen LogP contribution in [0.3, 0.4) is 0 Å². The van der Waals surface area contributed by atoms with Crippen molar-refractivity contribution in [3.05, 3.63) is 29.8 Å². The second-order valence-electron chi connectivity index (χ2n) is 4.63. The third-order valence-corrected chi connectivity index (χ3v) is 3.09. The van der Waals surface area contributed by atoms with Gasteiger partial charge >= 0.3 is 0 Å². The fourth-order valence-corrected chi connectivity index (χ4v) is 1.91. The van der Waals surface area contributed by atoms with Gasteiger partial charge in [-0.05, 0) is 37.0 Å². The van der Waals surface area contributed by atoms with E-state index in [-0.39, 0.29) is 6.04 Å². The Labute approximate surface area is 116 Å². The monoisotopic (exact) mass is 266 g/mol. The third kappa shape index (κ3) is 6.05. The molecule has 4 nitrogen and oxygen atoms in total. The van der Waals surface area contributed by atoms with Crippen LogP contribution in [0.25, 0.3) is 0 Å². The van der Waals surface area contributed by atoms with E-state index in [2.05, 4.69) is 24.5 Å². The highest BCUT2D eigenvalue weighted by atomic mass is 16.5. The summed E-state index contributed by atoms with van der Waals surface area (Å²) in [5.74, 6) is 6.52. The Morgan fingerprint density at radius 3 is 2.47 bits per heavy atom. The number of nitrogens with one attached hydrogen (secondary N) is 1. The van der Waals surface area contributed by atoms with Gasteiger partial charge in [0.1, 0.15) is 5.75 Å². The number of hydrazine groups is 1. The van der Waals surface area contributed by atoms with Gasteiger partial charge in [0.2, 0.25) is 0 Å². The standard InChI is InChI=1S/C15H26N2O2/c1-3-4-12-19-14-9-7-13(8-10-14)15(17-16)6-5-11-18-2/h7-10,15,17H,3-6,11-12,16H2,1-2H3. The highest BCUT2D eigenvalue weighted by molar-refractivity contribution is 5.29. The summed E-state index contributed by atoms with van der Waals surface area (Å²) in [6.45, 7) is 3.70. The number of hydrogen-bond donors (Lipinski definition) is 2. The van der Waals surface area contributed by atoms with E-state index >= 15 is 0 Å². The van der Waals surface area contributed by atoms with E-state index in [1.54, 1.807) is 7.11 Å². The van der Waals surface area contributed by atoms with E-state index in [4.69, 9.17) is 15.3 Å². The van der Waals surface area contributed by atoms with Crippen LogP contribution in [0.4, 0.5) is 0 Å². The fraction of sp³-hybridized carbons (Fsp3) is 0.600. The molecule has 0 aliphatic heterocycles. The average molecular weight is 266 g/mol. The lowest BCUT2D eigenvalue weighted by atomic mass is 10.0. The van der Waals surface area contributed by atoms with Crippen molar-refractivity contribution in [3.8, 4) is 5.75 Å². The molecule has 4 heteroatoms. The van der Waals surface area contributed by atoms with Gasteiger partial charge in [-0.1, -0.05) is 25.5 Å². The van der Waals surface area contributed by atoms with E-state index in [0.29, 0.717) is 0 Å². The highest BCUT2D eigenvalue weighted by Gasteiger charge is 2.09. The first-order chi connectivity index (χ1) is 9.31. The predicted octanol–water partition coefficient (Wildman–Crippen LogP) is 2.80. The lowest BCUT2D eigenvalue weighted by Gasteiger charge is -2.16. The summed E-state index contributed by atoms with van der Waals surface area (Å²) in [6, 6.07) is 8.31. The van der Waals surface area contributed by atoms with Crippen molar-refractivity contribution in [2.24, 2.45) is 5.84 Å². The second-order valence-corrected chi connectivity index (χ2v) is 4.63. The maximum Gasteiger partial charge on any atom is 0.119 e. The molecule has 1 aromatic carbocycles. The molecule has 0 aliphatic rings. The quantitative estimate of drug-likeness (QED) is 0.388. The summed E-state index contributed by atoms with van der Waals surface area (Å²) in [6.07, 6.45) is 4.18. The fourth-order valence-electron chi connectivity index (χ4n) is 1.91. The van der Waals surface area contributed by atoms with Gasteiger partial charge in [-0.3, -0.25) is 11.3 Å². The molecule has 1 atom stereocenters. The molecule has 0 aromatic heterocycles. The van der Waals surface area contributed by atoms with E-state index in [0.717, 1.165) is 44.6 Å². The SMILES string of the molecule is CCCCOc1ccc(C(CCCOC)NN)cc1. The summed E-state index contributed by atoms with van der Waals surface area (Å²) in [7, 11) is 1.72. The zero-order chi connectivity index (χ0) is 13.9. The summed E-state index contributed by atoms with van der Waals surface area (Å²) < 4.78 is 10.7. The van der Waals surface area contributed by atoms with Gasteiger partial charge in [-0.2, -0.15) is 0 Å². The van der Waals surface area contributed by atoms with Crippen LogP contribution in [0.2, 0.25) is 0 Å². The van der Waals surface area contributed by atoms with Crippen LogP contribution in [0.5, 0.6) is 5.75 Å². The molecule has 0 amide bonds. The van der Waals surface area contributed by atoms with E-state index in [1.807, 2.05) is 12.1 Å². The molecule has 1 aromatic rings. The molecule has 0 bridgehead atoms. The van der Waals surface area contributed by atoms with Crippen LogP contribution in [-0.2, 0) is 4.74 Å². The largest absolute Gasteiger partial charge is 0.494 e. The smallest absolute Gasteiger partial charge is 0.119 e. The van der Waals surface area contributed by atoms with Gasteiger partial charge in [0, 0.05) is 19.8 Å². The Balaban J connectivity index is 2.47. The molecule has 0 fully saturated rings. The Morgan fingerprint density at radius 1 is 1.16 bits per heavy atom. The van der Waals surface area contributed by atoms with E-state index in [1.165, 1.54) is 5.56 Å². The first-order valence-electron chi connectivity index (χ1n) is 6.99. The van der Waals surface area contributed by atoms with Gasteiger partial charge in [0.05, 0.1) is 6.61 Å². The second kappa shape index (κ2) is 9.78. The molecule has 1 rings (SSSR count). The van der Waals surface area contributed by atoms with E-state index < -0.39 is 0 Å². The van der Waals surface area contributed by atoms with Crippen LogP contribution in [0.1, 0.15) is 44.2 Å². The summed E-state index contributed by atoms with van der Waals surface area (Å²) in [5.41, 5.74) is 4.03. The van der Waals surface area contributed by atoms with Crippen molar-refractivity contribution < 1.29 is 9.47 Å². The molecule has 3 N–H and O–H groups in total. The number of unbranched alkanes of at least 4 members (excludes halogenated alkanes) is 1. The number of hydrogen-bond acceptors (Lipinski definition) is 4. The summed E-state index contributed by atoms with van der Waals surface area (Å²) in [5, 5.41) is 0. The Morgan fingerprint density at radius 2 is 1.89 bits per heavy atom. The first kappa shape index (κ1) is 16.0. The molecular weight excluding hydrogens is 240 g/mol. The van der Waals surface area contributed by atoms with Crippen LogP contribution in [0.15, 0.2) is 24.3 Å². The van der Waals surface area contributed by atoms with Crippen molar-refractivity contribution >= 4 is 0 Å². The van der Waals surface area contributed by atoms with Gasteiger partial charge in [0.15, 0.2) is 0 Å². The van der Waals surface area contributed by atoms with Crippen molar-refractivity contribution in [2.75, 3.05) is 20.3 Å². The Kier molecular flexibility index (Phi) is 8.21. The first-order valence-corrected chi connectivity index (χ1v) is 6.99. The highest BCUT2D eigenvalue weighted by Crippen LogP contribution is 2.21. The number of rotatable bonds is 10. The number of methoxy groups -OCH3 is 1. The lowest BCUT2D eigenvalue weighted by Crippen LogP contribution is -2.28. The lowest BCUT2D eigenvalue weighted by molar-refractivity contribution is 0.189. The minimum Gasteiger partial charge on any atom is -0.494 e. The summed E-state index contributed by atoms with van der Waals surface area (Å²) in [4.78, 5) is 0. The van der Waals surface area contributed by atoms with Crippen molar-refractivity contribution in [2.45, 2.75) is 38.6 Å². The van der Waals surface area contributed by atoms with Gasteiger partial charge in [0.25, 0.3) is 0 Å². The van der Waals surface area contributed by atoms with Gasteiger partial charge in [-0.25, -0.2) is 0 Å². The Hall–Kier alpha value is -1.10. The van der Waals surface area contributed by atoms with Crippen molar-refractivity contribution in [1.82, 2.24) is 5.43 Å². The third-order valence-electron chi connectivity index (χ3n) is 3.09. The van der Waals surface area contributed by atoms with E-state index in [9.17, 15) is 0 Å². The topological polar surface area (TPSA) is 56.5 Å². The number of ether oxygens (including phenoxy) is 2. The normalized spacial score (nSPS) is 12.4.